The fourth-order valence-corrected chi connectivity index (χ4v) is 5.52. The second kappa shape index (κ2) is 7.21. The third-order valence-corrected chi connectivity index (χ3v) is 6.90. The van der Waals surface area contributed by atoms with Gasteiger partial charge in [-0.1, -0.05) is 77.2 Å². The molecule has 0 fully saturated rings. The van der Waals surface area contributed by atoms with Crippen LogP contribution in [0.4, 0.5) is 5.13 Å². The van der Waals surface area contributed by atoms with Crippen molar-refractivity contribution in [1.82, 2.24) is 10.1 Å². The lowest BCUT2D eigenvalue weighted by Crippen LogP contribution is -2.14. The van der Waals surface area contributed by atoms with Crippen molar-refractivity contribution in [1.29, 1.82) is 0 Å². The van der Waals surface area contributed by atoms with E-state index in [2.05, 4.69) is 14.9 Å². The summed E-state index contributed by atoms with van der Waals surface area (Å²) in [6, 6.07) is 19.5. The zero-order valence-electron chi connectivity index (χ0n) is 15.2. The van der Waals surface area contributed by atoms with Gasteiger partial charge in [-0.3, -0.25) is 4.72 Å². The summed E-state index contributed by atoms with van der Waals surface area (Å²) in [5, 5.41) is 4.02. The van der Waals surface area contributed by atoms with Gasteiger partial charge in [0.05, 0.1) is 10.6 Å². The molecule has 2 aromatic heterocycles. The van der Waals surface area contributed by atoms with Gasteiger partial charge in [-0.2, -0.15) is 0 Å². The van der Waals surface area contributed by atoms with Crippen LogP contribution in [0.1, 0.15) is 11.5 Å². The van der Waals surface area contributed by atoms with Crippen molar-refractivity contribution >= 4 is 26.5 Å². The van der Waals surface area contributed by atoms with Gasteiger partial charge >= 0.3 is 0 Å². The highest BCUT2D eigenvalue weighted by atomic mass is 32.2. The molecule has 142 valence electrons. The van der Waals surface area contributed by atoms with Gasteiger partial charge in [0.1, 0.15) is 5.69 Å². The standard InChI is InChI=1S/C20H17N3O3S2/c1-13-19(14(2)26-22-13)28(24,25)23-20-21-17(15-9-5-3-6-10-15)18(27-20)16-11-7-4-8-12-16/h3-12H,1-2H3,(H,21,23). The molecule has 1 N–H and O–H groups in total. The second-order valence-electron chi connectivity index (χ2n) is 6.19. The first kappa shape index (κ1) is 18.4. The minimum absolute atomic E-state index is 0.0465. The quantitative estimate of drug-likeness (QED) is 0.506. The average molecular weight is 412 g/mol. The van der Waals surface area contributed by atoms with E-state index in [1.807, 2.05) is 60.7 Å². The van der Waals surface area contributed by atoms with E-state index in [0.717, 1.165) is 21.7 Å². The highest BCUT2D eigenvalue weighted by Crippen LogP contribution is 2.39. The molecule has 2 aromatic carbocycles. The van der Waals surface area contributed by atoms with Crippen LogP contribution in [0.15, 0.2) is 70.1 Å². The lowest BCUT2D eigenvalue weighted by atomic mass is 10.1. The monoisotopic (exact) mass is 411 g/mol. The van der Waals surface area contributed by atoms with Crippen molar-refractivity contribution in [3.63, 3.8) is 0 Å². The Hall–Kier alpha value is -2.97. The summed E-state index contributed by atoms with van der Waals surface area (Å²) in [5.74, 6) is 0.244. The zero-order valence-corrected chi connectivity index (χ0v) is 16.8. The lowest BCUT2D eigenvalue weighted by Gasteiger charge is -2.03. The molecule has 28 heavy (non-hydrogen) atoms. The highest BCUT2D eigenvalue weighted by molar-refractivity contribution is 7.93. The molecule has 6 nitrogen and oxygen atoms in total. The molecule has 0 saturated carbocycles. The summed E-state index contributed by atoms with van der Waals surface area (Å²) in [4.78, 5) is 5.53. The normalized spacial score (nSPS) is 11.5. The van der Waals surface area contributed by atoms with Crippen molar-refractivity contribution < 1.29 is 12.9 Å². The number of anilines is 1. The van der Waals surface area contributed by atoms with E-state index in [1.54, 1.807) is 13.8 Å². The van der Waals surface area contributed by atoms with Gasteiger partial charge in [-0.25, -0.2) is 13.4 Å². The van der Waals surface area contributed by atoms with Crippen LogP contribution in [0.5, 0.6) is 0 Å². The molecular formula is C20H17N3O3S2. The molecule has 0 saturated heterocycles. The summed E-state index contributed by atoms with van der Waals surface area (Å²) in [5.41, 5.74) is 2.93. The van der Waals surface area contributed by atoms with Crippen LogP contribution in [0.2, 0.25) is 0 Å². The van der Waals surface area contributed by atoms with Gasteiger partial charge in [-0.15, -0.1) is 0 Å². The van der Waals surface area contributed by atoms with E-state index in [4.69, 9.17) is 4.52 Å². The fourth-order valence-electron chi connectivity index (χ4n) is 2.96. The first-order valence-corrected chi connectivity index (χ1v) is 10.8. The topological polar surface area (TPSA) is 85.1 Å². The largest absolute Gasteiger partial charge is 0.360 e. The Morgan fingerprint density at radius 2 is 1.54 bits per heavy atom. The van der Waals surface area contributed by atoms with E-state index in [1.165, 1.54) is 11.3 Å². The molecule has 0 atom stereocenters. The van der Waals surface area contributed by atoms with Gasteiger partial charge in [0.2, 0.25) is 0 Å². The van der Waals surface area contributed by atoms with Crippen LogP contribution in [-0.4, -0.2) is 18.6 Å². The summed E-state index contributed by atoms with van der Waals surface area (Å²) in [6.07, 6.45) is 0. The second-order valence-corrected chi connectivity index (χ2v) is 8.81. The van der Waals surface area contributed by atoms with Crippen molar-refractivity contribution in [3.05, 3.63) is 72.1 Å². The van der Waals surface area contributed by atoms with Gasteiger partial charge in [0.15, 0.2) is 15.8 Å². The van der Waals surface area contributed by atoms with Crippen molar-refractivity contribution in [2.45, 2.75) is 18.7 Å². The van der Waals surface area contributed by atoms with Crippen LogP contribution in [0.3, 0.4) is 0 Å². The van der Waals surface area contributed by atoms with E-state index in [-0.39, 0.29) is 15.8 Å². The maximum Gasteiger partial charge on any atom is 0.269 e. The molecule has 0 radical (unpaired) electrons. The molecule has 0 spiro atoms. The third kappa shape index (κ3) is 3.44. The number of nitrogens with one attached hydrogen (secondary N) is 1. The van der Waals surface area contributed by atoms with Crippen molar-refractivity contribution in [3.8, 4) is 21.7 Å². The van der Waals surface area contributed by atoms with E-state index < -0.39 is 10.0 Å². The Kier molecular flexibility index (Phi) is 4.74. The number of hydrogen-bond acceptors (Lipinski definition) is 6. The lowest BCUT2D eigenvalue weighted by molar-refractivity contribution is 0.390. The predicted octanol–water partition coefficient (Wildman–Crippen LogP) is 4.88. The Balaban J connectivity index is 1.80. The van der Waals surface area contributed by atoms with Crippen LogP contribution in [0.25, 0.3) is 21.7 Å². The van der Waals surface area contributed by atoms with Gasteiger partial charge in [0.25, 0.3) is 10.0 Å². The number of nitrogens with zero attached hydrogens (tertiary/aromatic N) is 2. The van der Waals surface area contributed by atoms with Crippen LogP contribution >= 0.6 is 11.3 Å². The van der Waals surface area contributed by atoms with Gasteiger partial charge in [-0.05, 0) is 19.4 Å². The maximum absolute atomic E-state index is 12.9. The molecule has 2 heterocycles. The molecular weight excluding hydrogens is 394 g/mol. The minimum atomic E-state index is -3.86. The van der Waals surface area contributed by atoms with Crippen LogP contribution in [-0.2, 0) is 10.0 Å². The number of hydrogen-bond donors (Lipinski definition) is 1. The van der Waals surface area contributed by atoms with Crippen molar-refractivity contribution in [2.75, 3.05) is 4.72 Å². The number of benzene rings is 2. The molecule has 0 aliphatic rings. The first-order chi connectivity index (χ1) is 13.5. The highest BCUT2D eigenvalue weighted by Gasteiger charge is 2.26. The number of rotatable bonds is 5. The summed E-state index contributed by atoms with van der Waals surface area (Å²) >= 11 is 1.29. The van der Waals surface area contributed by atoms with Crippen molar-refractivity contribution in [2.24, 2.45) is 0 Å². The van der Waals surface area contributed by atoms with Gasteiger partial charge in [0, 0.05) is 5.56 Å². The average Bonchev–Trinajstić information content (AvgIpc) is 3.26. The van der Waals surface area contributed by atoms with E-state index in [0.29, 0.717) is 5.69 Å². The molecule has 4 aromatic rings. The van der Waals surface area contributed by atoms with Crippen LogP contribution < -0.4 is 4.72 Å². The summed E-state index contributed by atoms with van der Waals surface area (Å²) in [7, 11) is -3.86. The van der Waals surface area contributed by atoms with Crippen LogP contribution in [0, 0.1) is 13.8 Å². The zero-order chi connectivity index (χ0) is 19.7. The number of aryl methyl sites for hydroxylation is 2. The predicted molar refractivity (Wildman–Crippen MR) is 110 cm³/mol. The minimum Gasteiger partial charge on any atom is -0.360 e. The summed E-state index contributed by atoms with van der Waals surface area (Å²) < 4.78 is 33.3. The third-order valence-electron chi connectivity index (χ3n) is 4.17. The molecule has 4 rings (SSSR count). The Morgan fingerprint density at radius 3 is 2.11 bits per heavy atom. The smallest absolute Gasteiger partial charge is 0.269 e. The summed E-state index contributed by atoms with van der Waals surface area (Å²) in [6.45, 7) is 3.17. The molecule has 0 amide bonds. The molecule has 0 aliphatic carbocycles. The van der Waals surface area contributed by atoms with E-state index >= 15 is 0 Å². The Morgan fingerprint density at radius 1 is 0.929 bits per heavy atom. The molecule has 8 heteroatoms. The molecule has 0 unspecified atom stereocenters. The number of sulfonamides is 1. The Labute approximate surface area is 166 Å². The molecule has 0 bridgehead atoms. The maximum atomic E-state index is 12.9. The Bertz CT molecular complexity index is 1140. The SMILES string of the molecule is Cc1noc(C)c1S(=O)(=O)Nc1nc(-c2ccccc2)c(-c2ccccc2)s1. The number of thiazole rings is 1. The number of aromatic nitrogens is 2. The molecule has 0 aliphatic heterocycles. The van der Waals surface area contributed by atoms with Gasteiger partial charge < -0.3 is 4.52 Å². The first-order valence-electron chi connectivity index (χ1n) is 8.53. The fraction of sp³-hybridized carbons (Fsp3) is 0.100. The van der Waals surface area contributed by atoms with E-state index in [9.17, 15) is 8.42 Å².